The molecular weight excluding hydrogens is 336 g/mol. The number of ketones is 2. The van der Waals surface area contributed by atoms with E-state index in [0.717, 1.165) is 0 Å². The van der Waals surface area contributed by atoms with Crippen molar-refractivity contribution in [3.8, 4) is 11.8 Å². The zero-order valence-corrected chi connectivity index (χ0v) is 14.7. The van der Waals surface area contributed by atoms with Crippen molar-refractivity contribution in [2.75, 3.05) is 13.2 Å². The summed E-state index contributed by atoms with van der Waals surface area (Å²) >= 11 is 0. The number of hydrogen-bond acceptors (Lipinski definition) is 6. The summed E-state index contributed by atoms with van der Waals surface area (Å²) in [5, 5.41) is 8.71. The summed E-state index contributed by atoms with van der Waals surface area (Å²) < 4.78 is 10.2. The molecule has 134 valence electrons. The smallest absolute Gasteiger partial charge is 0.344 e. The van der Waals surface area contributed by atoms with Crippen LogP contribution in [0.5, 0.6) is 5.75 Å². The van der Waals surface area contributed by atoms with Crippen molar-refractivity contribution in [3.05, 3.63) is 52.3 Å². The molecule has 2 rings (SSSR count). The highest BCUT2D eigenvalue weighted by Crippen LogP contribution is 2.19. The third-order valence-electron chi connectivity index (χ3n) is 3.77. The van der Waals surface area contributed by atoms with E-state index in [-0.39, 0.29) is 18.1 Å². The molecule has 0 amide bonds. The molecule has 1 heterocycles. The van der Waals surface area contributed by atoms with Gasteiger partial charge in [0.1, 0.15) is 5.75 Å². The second kappa shape index (κ2) is 8.12. The maximum atomic E-state index is 12.2. The van der Waals surface area contributed by atoms with Crippen LogP contribution in [0, 0.1) is 25.2 Å². The number of aryl methyl sites for hydroxylation is 1. The first-order valence-corrected chi connectivity index (χ1v) is 7.85. The summed E-state index contributed by atoms with van der Waals surface area (Å²) in [6, 6.07) is 8.22. The minimum atomic E-state index is -0.699. The lowest BCUT2D eigenvalue weighted by Crippen LogP contribution is -2.20. The fraction of sp³-hybridized carbons (Fsp3) is 0.263. The predicted molar refractivity (Wildman–Crippen MR) is 92.2 cm³/mol. The van der Waals surface area contributed by atoms with Crippen LogP contribution in [-0.4, -0.2) is 35.7 Å². The molecule has 0 fully saturated rings. The second-order valence-corrected chi connectivity index (χ2v) is 5.69. The van der Waals surface area contributed by atoms with E-state index in [1.807, 2.05) is 6.07 Å². The summed E-state index contributed by atoms with van der Waals surface area (Å²) in [5.41, 5.74) is 2.36. The number of aromatic nitrogens is 1. The quantitative estimate of drug-likeness (QED) is 0.604. The van der Waals surface area contributed by atoms with Crippen molar-refractivity contribution in [3.63, 3.8) is 0 Å². The van der Waals surface area contributed by atoms with Gasteiger partial charge in [0.2, 0.25) is 5.78 Å². The highest BCUT2D eigenvalue weighted by atomic mass is 16.6. The summed E-state index contributed by atoms with van der Waals surface area (Å²) in [5.74, 6) is -0.849. The lowest BCUT2D eigenvalue weighted by molar-refractivity contribution is -0.144. The van der Waals surface area contributed by atoms with Crippen molar-refractivity contribution >= 4 is 17.5 Å². The van der Waals surface area contributed by atoms with E-state index >= 15 is 0 Å². The van der Waals surface area contributed by atoms with Gasteiger partial charge in [0.15, 0.2) is 19.0 Å². The molecule has 26 heavy (non-hydrogen) atoms. The van der Waals surface area contributed by atoms with Crippen LogP contribution < -0.4 is 4.74 Å². The number of aromatic amines is 1. The van der Waals surface area contributed by atoms with Crippen molar-refractivity contribution in [1.82, 2.24) is 4.98 Å². The zero-order valence-electron chi connectivity index (χ0n) is 14.7. The molecule has 1 aromatic heterocycles. The molecule has 1 aromatic carbocycles. The zero-order chi connectivity index (χ0) is 19.3. The third-order valence-corrected chi connectivity index (χ3v) is 3.77. The molecule has 0 aliphatic heterocycles. The van der Waals surface area contributed by atoms with Crippen LogP contribution in [0.1, 0.15) is 44.6 Å². The van der Waals surface area contributed by atoms with Gasteiger partial charge in [0, 0.05) is 11.3 Å². The number of hydrogen-bond donors (Lipinski definition) is 1. The minimum absolute atomic E-state index is 0.136. The Morgan fingerprint density at radius 1 is 1.12 bits per heavy atom. The third kappa shape index (κ3) is 4.36. The van der Waals surface area contributed by atoms with E-state index in [2.05, 4.69) is 4.98 Å². The number of ether oxygens (including phenoxy) is 2. The minimum Gasteiger partial charge on any atom is -0.482 e. The van der Waals surface area contributed by atoms with E-state index < -0.39 is 18.4 Å². The Bertz CT molecular complexity index is 888. The van der Waals surface area contributed by atoms with Gasteiger partial charge in [0.25, 0.3) is 0 Å². The van der Waals surface area contributed by atoms with E-state index in [0.29, 0.717) is 28.1 Å². The SMILES string of the molecule is CC(=O)c1c(C)[nH]c(C(=O)COC(=O)COc2ccc(C#N)cc2)c1C. The van der Waals surface area contributed by atoms with Gasteiger partial charge in [-0.2, -0.15) is 5.26 Å². The largest absolute Gasteiger partial charge is 0.482 e. The van der Waals surface area contributed by atoms with Gasteiger partial charge in [-0.1, -0.05) is 0 Å². The standard InChI is InChI=1S/C19H18N2O5/c1-11-18(13(3)22)12(2)21-19(11)16(23)9-26-17(24)10-25-15-6-4-14(8-20)5-7-15/h4-7,21H,9-10H2,1-3H3. The maximum absolute atomic E-state index is 12.2. The number of nitrogens with one attached hydrogen (secondary N) is 1. The van der Waals surface area contributed by atoms with Crippen LogP contribution in [0.2, 0.25) is 0 Å². The fourth-order valence-electron chi connectivity index (χ4n) is 2.58. The first-order chi connectivity index (χ1) is 12.3. The second-order valence-electron chi connectivity index (χ2n) is 5.69. The summed E-state index contributed by atoms with van der Waals surface area (Å²) in [7, 11) is 0. The summed E-state index contributed by atoms with van der Waals surface area (Å²) in [6.45, 7) is 3.99. The van der Waals surface area contributed by atoms with Crippen molar-refractivity contribution < 1.29 is 23.9 Å². The molecule has 0 saturated carbocycles. The Balaban J connectivity index is 1.89. The van der Waals surface area contributed by atoms with E-state index in [1.54, 1.807) is 38.1 Å². The van der Waals surface area contributed by atoms with E-state index in [4.69, 9.17) is 14.7 Å². The van der Waals surface area contributed by atoms with E-state index in [9.17, 15) is 14.4 Å². The molecule has 1 N–H and O–H groups in total. The first kappa shape index (κ1) is 18.9. The number of Topliss-reactive ketones (excluding diaryl/α,β-unsaturated/α-hetero) is 2. The molecule has 0 aliphatic rings. The number of carbonyl (C=O) groups excluding carboxylic acids is 3. The van der Waals surface area contributed by atoms with Gasteiger partial charge in [0.05, 0.1) is 17.3 Å². The van der Waals surface area contributed by atoms with Crippen LogP contribution in [-0.2, 0) is 9.53 Å². The Labute approximate surface area is 150 Å². The molecule has 0 spiro atoms. The maximum Gasteiger partial charge on any atom is 0.344 e. The van der Waals surface area contributed by atoms with Crippen molar-refractivity contribution in [2.24, 2.45) is 0 Å². The van der Waals surface area contributed by atoms with Crippen LogP contribution >= 0.6 is 0 Å². The Morgan fingerprint density at radius 3 is 2.31 bits per heavy atom. The highest BCUT2D eigenvalue weighted by Gasteiger charge is 2.20. The van der Waals surface area contributed by atoms with Crippen LogP contribution in [0.3, 0.4) is 0 Å². The molecule has 0 atom stereocenters. The van der Waals surface area contributed by atoms with Gasteiger partial charge in [-0.05, 0) is 50.6 Å². The molecular formula is C19H18N2O5. The average molecular weight is 354 g/mol. The molecule has 0 aliphatic carbocycles. The summed E-state index contributed by atoms with van der Waals surface area (Å²) in [6.07, 6.45) is 0. The fourth-order valence-corrected chi connectivity index (χ4v) is 2.58. The van der Waals surface area contributed by atoms with Crippen LogP contribution in [0.15, 0.2) is 24.3 Å². The van der Waals surface area contributed by atoms with Crippen LogP contribution in [0.25, 0.3) is 0 Å². The molecule has 7 heteroatoms. The van der Waals surface area contributed by atoms with Gasteiger partial charge in [-0.15, -0.1) is 0 Å². The van der Waals surface area contributed by atoms with Gasteiger partial charge >= 0.3 is 5.97 Å². The molecule has 0 saturated heterocycles. The number of nitriles is 1. The first-order valence-electron chi connectivity index (χ1n) is 7.85. The predicted octanol–water partition coefficient (Wildman–Crippen LogP) is 2.51. The van der Waals surface area contributed by atoms with Crippen molar-refractivity contribution in [1.29, 1.82) is 5.26 Å². The topological polar surface area (TPSA) is 109 Å². The molecule has 0 bridgehead atoms. The van der Waals surface area contributed by atoms with Gasteiger partial charge < -0.3 is 14.5 Å². The Morgan fingerprint density at radius 2 is 1.77 bits per heavy atom. The molecule has 0 unspecified atom stereocenters. The lowest BCUT2D eigenvalue weighted by atomic mass is 10.1. The van der Waals surface area contributed by atoms with Crippen LogP contribution in [0.4, 0.5) is 0 Å². The number of esters is 1. The number of H-pyrrole nitrogens is 1. The Hall–Kier alpha value is -3.40. The average Bonchev–Trinajstić information content (AvgIpc) is 2.92. The monoisotopic (exact) mass is 354 g/mol. The highest BCUT2D eigenvalue weighted by molar-refractivity contribution is 6.04. The Kier molecular flexibility index (Phi) is 5.91. The van der Waals surface area contributed by atoms with Gasteiger partial charge in [-0.25, -0.2) is 4.79 Å². The number of rotatable bonds is 7. The normalized spacial score (nSPS) is 10.1. The lowest BCUT2D eigenvalue weighted by Gasteiger charge is -2.07. The number of benzene rings is 1. The molecule has 0 radical (unpaired) electrons. The van der Waals surface area contributed by atoms with Crippen molar-refractivity contribution in [2.45, 2.75) is 20.8 Å². The van der Waals surface area contributed by atoms with E-state index in [1.165, 1.54) is 6.92 Å². The molecule has 2 aromatic rings. The number of carbonyl (C=O) groups is 3. The number of nitrogens with zero attached hydrogens (tertiary/aromatic N) is 1. The summed E-state index contributed by atoms with van der Waals surface area (Å²) in [4.78, 5) is 38.4. The van der Waals surface area contributed by atoms with Gasteiger partial charge in [-0.3, -0.25) is 9.59 Å². The molecule has 7 nitrogen and oxygen atoms in total.